The molecule has 2 aliphatic carbocycles. The van der Waals surface area contributed by atoms with Crippen molar-refractivity contribution >= 4 is 5.91 Å². The maximum atomic E-state index is 13.7. The molecule has 2 fully saturated rings. The number of amides is 1. The standard InChI is InChI=1S/C23H21F3N8O/c1-14(19-30-13-31-34(19)21-28-7-2-8-29-21)33(11-15-3-4-15)20(35)16-9-17(22(12-27)5-6-22)32-18(10-16)23(24,25)26/h2,7-10,13-15H,3-6,11H2,1H3. The van der Waals surface area contributed by atoms with Gasteiger partial charge >= 0.3 is 6.18 Å². The normalized spacial score (nSPS) is 17.5. The molecule has 0 aromatic carbocycles. The number of pyridine rings is 1. The first-order valence-corrected chi connectivity index (χ1v) is 11.2. The molecule has 0 aliphatic heterocycles. The summed E-state index contributed by atoms with van der Waals surface area (Å²) in [7, 11) is 0. The van der Waals surface area contributed by atoms with Gasteiger partial charge in [-0.15, -0.1) is 0 Å². The second-order valence-corrected chi connectivity index (χ2v) is 8.97. The van der Waals surface area contributed by atoms with E-state index < -0.39 is 29.2 Å². The zero-order valence-corrected chi connectivity index (χ0v) is 18.8. The van der Waals surface area contributed by atoms with Gasteiger partial charge in [0, 0.05) is 24.5 Å². The number of nitriles is 1. The fraction of sp³-hybridized carbons (Fsp3) is 0.435. The van der Waals surface area contributed by atoms with E-state index in [0.717, 1.165) is 18.9 Å². The van der Waals surface area contributed by atoms with Crippen molar-refractivity contribution in [1.29, 1.82) is 5.26 Å². The van der Waals surface area contributed by atoms with Crippen molar-refractivity contribution in [2.75, 3.05) is 6.54 Å². The number of aromatic nitrogens is 6. The van der Waals surface area contributed by atoms with Crippen LogP contribution in [0.2, 0.25) is 0 Å². The monoisotopic (exact) mass is 482 g/mol. The molecule has 0 saturated heterocycles. The Hall–Kier alpha value is -3.88. The maximum Gasteiger partial charge on any atom is 0.433 e. The van der Waals surface area contributed by atoms with Crippen LogP contribution in [0.5, 0.6) is 0 Å². The second kappa shape index (κ2) is 8.41. The Labute approximate surface area is 198 Å². The lowest BCUT2D eigenvalue weighted by Gasteiger charge is -2.29. The molecule has 0 N–H and O–H groups in total. The largest absolute Gasteiger partial charge is 0.433 e. The Morgan fingerprint density at radius 1 is 1.26 bits per heavy atom. The molecule has 1 unspecified atom stereocenters. The molecular formula is C23H21F3N8O. The zero-order chi connectivity index (χ0) is 24.8. The van der Waals surface area contributed by atoms with E-state index in [2.05, 4.69) is 31.1 Å². The van der Waals surface area contributed by atoms with E-state index in [4.69, 9.17) is 0 Å². The first-order valence-electron chi connectivity index (χ1n) is 11.2. The molecule has 1 amide bonds. The van der Waals surface area contributed by atoms with Crippen molar-refractivity contribution in [3.8, 4) is 12.0 Å². The van der Waals surface area contributed by atoms with Crippen LogP contribution in [0.15, 0.2) is 36.9 Å². The number of carbonyl (C=O) groups is 1. The van der Waals surface area contributed by atoms with Crippen LogP contribution in [-0.2, 0) is 11.6 Å². The summed E-state index contributed by atoms with van der Waals surface area (Å²) in [6, 6.07) is 5.17. The summed E-state index contributed by atoms with van der Waals surface area (Å²) in [5.74, 6) is 0.311. The lowest BCUT2D eigenvalue weighted by Crippen LogP contribution is -2.37. The van der Waals surface area contributed by atoms with E-state index >= 15 is 0 Å². The van der Waals surface area contributed by atoms with Crippen molar-refractivity contribution in [2.45, 2.75) is 50.2 Å². The lowest BCUT2D eigenvalue weighted by molar-refractivity contribution is -0.141. The summed E-state index contributed by atoms with van der Waals surface area (Å²) in [5.41, 5.74) is -2.43. The minimum absolute atomic E-state index is 0.0157. The molecule has 5 rings (SSSR count). The first kappa shape index (κ1) is 22.9. The Balaban J connectivity index is 1.54. The number of alkyl halides is 3. The van der Waals surface area contributed by atoms with E-state index in [0.29, 0.717) is 25.2 Å². The molecule has 3 aromatic heterocycles. The Morgan fingerprint density at radius 3 is 2.57 bits per heavy atom. The van der Waals surface area contributed by atoms with Crippen LogP contribution in [-0.4, -0.2) is 47.1 Å². The summed E-state index contributed by atoms with van der Waals surface area (Å²) < 4.78 is 42.4. The number of carbonyl (C=O) groups excluding carboxylic acids is 1. The molecular weight excluding hydrogens is 461 g/mol. The van der Waals surface area contributed by atoms with Gasteiger partial charge in [-0.3, -0.25) is 4.79 Å². The second-order valence-electron chi connectivity index (χ2n) is 8.97. The van der Waals surface area contributed by atoms with Gasteiger partial charge in [0.1, 0.15) is 12.0 Å². The minimum atomic E-state index is -4.76. The summed E-state index contributed by atoms with van der Waals surface area (Å²) in [6.45, 7) is 2.10. The Kier molecular flexibility index (Phi) is 5.50. The van der Waals surface area contributed by atoms with Crippen molar-refractivity contribution in [2.24, 2.45) is 5.92 Å². The van der Waals surface area contributed by atoms with Gasteiger partial charge in [0.25, 0.3) is 11.9 Å². The highest BCUT2D eigenvalue weighted by atomic mass is 19.4. The van der Waals surface area contributed by atoms with E-state index in [1.807, 2.05) is 0 Å². The molecule has 180 valence electrons. The molecule has 12 heteroatoms. The molecule has 35 heavy (non-hydrogen) atoms. The molecule has 0 bridgehead atoms. The van der Waals surface area contributed by atoms with Crippen LogP contribution in [0.4, 0.5) is 13.2 Å². The zero-order valence-electron chi connectivity index (χ0n) is 18.8. The third-order valence-electron chi connectivity index (χ3n) is 6.39. The van der Waals surface area contributed by atoms with Gasteiger partial charge in [-0.1, -0.05) is 0 Å². The molecule has 0 radical (unpaired) electrons. The molecule has 1 atom stereocenters. The number of hydrogen-bond acceptors (Lipinski definition) is 7. The Morgan fingerprint density at radius 2 is 1.97 bits per heavy atom. The Bertz CT molecular complexity index is 1290. The highest BCUT2D eigenvalue weighted by Gasteiger charge is 2.48. The summed E-state index contributed by atoms with van der Waals surface area (Å²) >= 11 is 0. The van der Waals surface area contributed by atoms with E-state index in [1.165, 1.54) is 22.0 Å². The molecule has 3 aromatic rings. The molecule has 0 spiro atoms. The number of rotatable bonds is 7. The predicted molar refractivity (Wildman–Crippen MR) is 115 cm³/mol. The van der Waals surface area contributed by atoms with Crippen LogP contribution in [0.1, 0.15) is 66.2 Å². The number of hydrogen-bond donors (Lipinski definition) is 0. The average Bonchev–Trinajstić information content (AvgIpc) is 3.79. The maximum absolute atomic E-state index is 13.7. The number of nitrogens with zero attached hydrogens (tertiary/aromatic N) is 8. The highest BCUT2D eigenvalue weighted by Crippen LogP contribution is 2.47. The van der Waals surface area contributed by atoms with Crippen LogP contribution in [0.25, 0.3) is 5.95 Å². The quantitative estimate of drug-likeness (QED) is 0.505. The number of halogens is 3. The van der Waals surface area contributed by atoms with Crippen molar-refractivity contribution < 1.29 is 18.0 Å². The van der Waals surface area contributed by atoms with E-state index in [1.54, 1.807) is 25.4 Å². The molecule has 2 saturated carbocycles. The first-order chi connectivity index (χ1) is 16.7. The van der Waals surface area contributed by atoms with Crippen molar-refractivity contribution in [3.05, 3.63) is 59.7 Å². The fourth-order valence-corrected chi connectivity index (χ4v) is 3.99. The van der Waals surface area contributed by atoms with Gasteiger partial charge in [-0.05, 0) is 56.7 Å². The fourth-order valence-electron chi connectivity index (χ4n) is 3.99. The van der Waals surface area contributed by atoms with Crippen LogP contribution in [0, 0.1) is 17.2 Å². The minimum Gasteiger partial charge on any atom is -0.328 e. The molecule has 9 nitrogen and oxygen atoms in total. The summed E-state index contributed by atoms with van der Waals surface area (Å²) in [4.78, 5) is 31.6. The molecule has 2 aliphatic rings. The van der Waals surface area contributed by atoms with Crippen molar-refractivity contribution in [1.82, 2.24) is 34.6 Å². The van der Waals surface area contributed by atoms with Gasteiger partial charge in [0.05, 0.1) is 23.2 Å². The van der Waals surface area contributed by atoms with Crippen LogP contribution >= 0.6 is 0 Å². The third kappa shape index (κ3) is 4.45. The van der Waals surface area contributed by atoms with E-state index in [9.17, 15) is 23.2 Å². The smallest absolute Gasteiger partial charge is 0.328 e. The van der Waals surface area contributed by atoms with Gasteiger partial charge < -0.3 is 4.90 Å². The van der Waals surface area contributed by atoms with Gasteiger partial charge in [0.15, 0.2) is 5.82 Å². The summed E-state index contributed by atoms with van der Waals surface area (Å²) in [5, 5.41) is 13.7. The SMILES string of the molecule is CC(c1ncnn1-c1ncccn1)N(CC1CC1)C(=O)c1cc(C(F)(F)F)nc(C2(C#N)CC2)c1. The van der Waals surface area contributed by atoms with E-state index in [-0.39, 0.29) is 23.1 Å². The topological polar surface area (TPSA) is 113 Å². The van der Waals surface area contributed by atoms with Gasteiger partial charge in [-0.2, -0.15) is 28.2 Å². The highest BCUT2D eigenvalue weighted by molar-refractivity contribution is 5.95. The average molecular weight is 482 g/mol. The van der Waals surface area contributed by atoms with Crippen molar-refractivity contribution in [3.63, 3.8) is 0 Å². The van der Waals surface area contributed by atoms with Crippen LogP contribution < -0.4 is 0 Å². The molecule has 3 heterocycles. The lowest BCUT2D eigenvalue weighted by atomic mass is 10.00. The predicted octanol–water partition coefficient (Wildman–Crippen LogP) is 3.64. The van der Waals surface area contributed by atoms with Gasteiger partial charge in [0.2, 0.25) is 0 Å². The third-order valence-corrected chi connectivity index (χ3v) is 6.39. The summed E-state index contributed by atoms with van der Waals surface area (Å²) in [6.07, 6.45) is 2.33. The van der Waals surface area contributed by atoms with Crippen LogP contribution in [0.3, 0.4) is 0 Å². The van der Waals surface area contributed by atoms with Gasteiger partial charge in [-0.25, -0.2) is 19.9 Å².